The predicted molar refractivity (Wildman–Crippen MR) is 122 cm³/mol. The Morgan fingerprint density at radius 2 is 1.91 bits per heavy atom. The zero-order chi connectivity index (χ0) is 24.3. The molecule has 2 aromatic carbocycles. The SMILES string of the molecule is C[C@]12Cc3cnn(-c4ccc(F)cc4)c3C=C1[C@H](O)C[C@@]2(O)CCc1ccc(F)cc1C(N)=O. The zero-order valence-corrected chi connectivity index (χ0v) is 18.6. The summed E-state index contributed by atoms with van der Waals surface area (Å²) < 4.78 is 28.7. The lowest BCUT2D eigenvalue weighted by Crippen LogP contribution is -2.45. The number of amides is 1. The molecule has 5 rings (SSSR count). The Labute approximate surface area is 195 Å². The quantitative estimate of drug-likeness (QED) is 0.538. The number of hydrogen-bond acceptors (Lipinski definition) is 4. The fraction of sp³-hybridized carbons (Fsp3) is 0.308. The number of primary amides is 1. The molecule has 1 saturated carbocycles. The number of halogens is 2. The summed E-state index contributed by atoms with van der Waals surface area (Å²) in [5, 5.41) is 27.2. The third-order valence-corrected chi connectivity index (χ3v) is 7.49. The highest BCUT2D eigenvalue weighted by molar-refractivity contribution is 5.94. The predicted octanol–water partition coefficient (Wildman–Crippen LogP) is 3.32. The Kier molecular flexibility index (Phi) is 5.18. The van der Waals surface area contributed by atoms with Crippen LogP contribution in [0.3, 0.4) is 0 Å². The number of rotatable bonds is 5. The summed E-state index contributed by atoms with van der Waals surface area (Å²) in [6, 6.07) is 9.87. The first-order valence-corrected chi connectivity index (χ1v) is 11.1. The molecular formula is C26H25F2N3O3. The zero-order valence-electron chi connectivity index (χ0n) is 18.6. The summed E-state index contributed by atoms with van der Waals surface area (Å²) >= 11 is 0. The van der Waals surface area contributed by atoms with Gasteiger partial charge < -0.3 is 15.9 Å². The van der Waals surface area contributed by atoms with Crippen LogP contribution in [-0.4, -0.2) is 37.6 Å². The molecule has 2 aliphatic rings. The fourth-order valence-electron chi connectivity index (χ4n) is 5.53. The van der Waals surface area contributed by atoms with E-state index in [-0.39, 0.29) is 24.2 Å². The third-order valence-electron chi connectivity index (χ3n) is 7.49. The van der Waals surface area contributed by atoms with Gasteiger partial charge in [-0.2, -0.15) is 5.10 Å². The minimum Gasteiger partial charge on any atom is -0.389 e. The van der Waals surface area contributed by atoms with Crippen molar-refractivity contribution in [1.29, 1.82) is 0 Å². The van der Waals surface area contributed by atoms with E-state index in [4.69, 9.17) is 5.73 Å². The normalized spacial score (nSPS) is 25.6. The van der Waals surface area contributed by atoms with Crippen molar-refractivity contribution in [3.8, 4) is 5.69 Å². The Bertz CT molecular complexity index is 1320. The van der Waals surface area contributed by atoms with Crippen molar-refractivity contribution < 1.29 is 23.8 Å². The van der Waals surface area contributed by atoms with Gasteiger partial charge in [0.05, 0.1) is 29.3 Å². The van der Waals surface area contributed by atoms with Gasteiger partial charge in [-0.1, -0.05) is 13.0 Å². The van der Waals surface area contributed by atoms with Crippen LogP contribution in [0.25, 0.3) is 11.8 Å². The van der Waals surface area contributed by atoms with Gasteiger partial charge in [0.1, 0.15) is 11.6 Å². The Balaban J connectivity index is 1.47. The van der Waals surface area contributed by atoms with E-state index in [1.54, 1.807) is 23.0 Å². The van der Waals surface area contributed by atoms with Gasteiger partial charge in [0, 0.05) is 17.4 Å². The molecular weight excluding hydrogens is 440 g/mol. The largest absolute Gasteiger partial charge is 0.389 e. The lowest BCUT2D eigenvalue weighted by Gasteiger charge is -2.42. The first-order chi connectivity index (χ1) is 16.1. The molecule has 1 aromatic heterocycles. The highest BCUT2D eigenvalue weighted by Crippen LogP contribution is 2.57. The van der Waals surface area contributed by atoms with Crippen molar-refractivity contribution in [3.05, 3.63) is 88.3 Å². The number of carbonyl (C=O) groups is 1. The maximum absolute atomic E-state index is 13.6. The highest BCUT2D eigenvalue weighted by Gasteiger charge is 2.58. The van der Waals surface area contributed by atoms with Crippen LogP contribution in [0.5, 0.6) is 0 Å². The molecule has 0 saturated heterocycles. The lowest BCUT2D eigenvalue weighted by atomic mass is 9.65. The molecule has 34 heavy (non-hydrogen) atoms. The van der Waals surface area contributed by atoms with Crippen LogP contribution in [0.15, 0.2) is 54.2 Å². The van der Waals surface area contributed by atoms with E-state index in [9.17, 15) is 23.8 Å². The molecule has 8 heteroatoms. The molecule has 0 bridgehead atoms. The van der Waals surface area contributed by atoms with Crippen molar-refractivity contribution in [2.45, 2.75) is 44.3 Å². The van der Waals surface area contributed by atoms with Crippen molar-refractivity contribution in [1.82, 2.24) is 9.78 Å². The maximum atomic E-state index is 13.6. The Hall–Kier alpha value is -3.36. The molecule has 176 valence electrons. The van der Waals surface area contributed by atoms with Crippen LogP contribution >= 0.6 is 0 Å². The molecule has 0 aliphatic heterocycles. The van der Waals surface area contributed by atoms with Crippen molar-refractivity contribution >= 4 is 12.0 Å². The first kappa shape index (κ1) is 22.4. The van der Waals surface area contributed by atoms with Gasteiger partial charge in [-0.15, -0.1) is 0 Å². The van der Waals surface area contributed by atoms with Crippen molar-refractivity contribution in [2.24, 2.45) is 11.1 Å². The van der Waals surface area contributed by atoms with E-state index < -0.39 is 28.8 Å². The summed E-state index contributed by atoms with van der Waals surface area (Å²) in [4.78, 5) is 11.8. The summed E-state index contributed by atoms with van der Waals surface area (Å²) in [5.74, 6) is -1.62. The molecule has 0 radical (unpaired) electrons. The lowest BCUT2D eigenvalue weighted by molar-refractivity contribution is -0.0509. The smallest absolute Gasteiger partial charge is 0.249 e. The number of aliphatic hydroxyl groups excluding tert-OH is 1. The van der Waals surface area contributed by atoms with Crippen LogP contribution < -0.4 is 5.73 Å². The molecule has 3 aromatic rings. The first-order valence-electron chi connectivity index (χ1n) is 11.1. The number of carbonyl (C=O) groups excluding carboxylic acids is 1. The second kappa shape index (κ2) is 7.85. The molecule has 1 heterocycles. The third kappa shape index (κ3) is 3.45. The van der Waals surface area contributed by atoms with Gasteiger partial charge in [0.15, 0.2) is 0 Å². The van der Waals surface area contributed by atoms with Gasteiger partial charge >= 0.3 is 0 Å². The van der Waals surface area contributed by atoms with E-state index in [1.165, 1.54) is 24.3 Å². The van der Waals surface area contributed by atoms with E-state index in [2.05, 4.69) is 5.10 Å². The minimum absolute atomic E-state index is 0.0922. The summed E-state index contributed by atoms with van der Waals surface area (Å²) in [6.07, 6.45) is 3.88. The molecule has 1 fully saturated rings. The number of aromatic nitrogens is 2. The van der Waals surface area contributed by atoms with Crippen LogP contribution in [0.2, 0.25) is 0 Å². The van der Waals surface area contributed by atoms with Gasteiger partial charge in [0.2, 0.25) is 5.91 Å². The molecule has 3 atom stereocenters. The fourth-order valence-corrected chi connectivity index (χ4v) is 5.53. The molecule has 2 aliphatic carbocycles. The average Bonchev–Trinajstić information content (AvgIpc) is 3.27. The van der Waals surface area contributed by atoms with E-state index in [0.717, 1.165) is 17.3 Å². The molecule has 1 amide bonds. The van der Waals surface area contributed by atoms with Gasteiger partial charge in [-0.25, -0.2) is 13.5 Å². The van der Waals surface area contributed by atoms with Gasteiger partial charge in [-0.3, -0.25) is 4.79 Å². The van der Waals surface area contributed by atoms with Gasteiger partial charge in [-0.05, 0) is 78.4 Å². The molecule has 0 unspecified atom stereocenters. The summed E-state index contributed by atoms with van der Waals surface area (Å²) in [5.41, 5.74) is 7.14. The second-order valence-corrected chi connectivity index (χ2v) is 9.47. The second-order valence-electron chi connectivity index (χ2n) is 9.47. The topological polar surface area (TPSA) is 101 Å². The van der Waals surface area contributed by atoms with Crippen LogP contribution in [0.4, 0.5) is 8.78 Å². The number of benzene rings is 2. The van der Waals surface area contributed by atoms with E-state index in [0.29, 0.717) is 29.7 Å². The monoisotopic (exact) mass is 465 g/mol. The van der Waals surface area contributed by atoms with E-state index >= 15 is 0 Å². The number of aryl methyl sites for hydroxylation is 1. The van der Waals surface area contributed by atoms with E-state index in [1.807, 2.05) is 13.0 Å². The Morgan fingerprint density at radius 3 is 2.62 bits per heavy atom. The number of nitrogens with zero attached hydrogens (tertiary/aromatic N) is 2. The van der Waals surface area contributed by atoms with Gasteiger partial charge in [0.25, 0.3) is 0 Å². The minimum atomic E-state index is -1.27. The molecule has 0 spiro atoms. The molecule has 4 N–H and O–H groups in total. The summed E-state index contributed by atoms with van der Waals surface area (Å²) in [7, 11) is 0. The Morgan fingerprint density at radius 1 is 1.21 bits per heavy atom. The summed E-state index contributed by atoms with van der Waals surface area (Å²) in [6.45, 7) is 1.92. The van der Waals surface area contributed by atoms with Crippen LogP contribution in [0.1, 0.15) is 46.9 Å². The molecule has 6 nitrogen and oxygen atoms in total. The maximum Gasteiger partial charge on any atom is 0.249 e. The van der Waals surface area contributed by atoms with Crippen LogP contribution in [-0.2, 0) is 12.8 Å². The van der Waals surface area contributed by atoms with Crippen molar-refractivity contribution in [3.63, 3.8) is 0 Å². The van der Waals surface area contributed by atoms with Crippen molar-refractivity contribution in [2.75, 3.05) is 0 Å². The average molecular weight is 466 g/mol. The number of nitrogens with two attached hydrogens (primary N) is 1. The number of aliphatic hydroxyl groups is 2. The van der Waals surface area contributed by atoms with Crippen LogP contribution in [0, 0.1) is 17.0 Å². The number of fused-ring (bicyclic) bond motifs is 2. The number of hydrogen-bond donors (Lipinski definition) is 3. The standard InChI is InChI=1S/C26H25F2N3O3/c1-25-12-16-14-30-31(19-6-4-17(27)5-7-19)22(16)11-21(25)23(32)13-26(25,34)9-8-15-2-3-18(28)10-20(15)24(29)33/h2-7,10-11,14,23,32,34H,8-9,12-13H2,1H3,(H2,29,33)/t23-,25+,26+/m1/s1. The highest BCUT2D eigenvalue weighted by atomic mass is 19.1.